The van der Waals surface area contributed by atoms with Crippen molar-refractivity contribution in [3.8, 4) is 0 Å². The van der Waals surface area contributed by atoms with Crippen molar-refractivity contribution < 1.29 is 4.79 Å². The molecule has 62 valence electrons. The maximum atomic E-state index is 10.8. The summed E-state index contributed by atoms with van der Waals surface area (Å²) in [5, 5.41) is 0. The normalized spacial score (nSPS) is 35.5. The molecule has 0 unspecified atom stereocenters. The molecule has 11 heavy (non-hydrogen) atoms. The third kappa shape index (κ3) is 1.24. The van der Waals surface area contributed by atoms with Gasteiger partial charge in [-0.15, -0.1) is 0 Å². The summed E-state index contributed by atoms with van der Waals surface area (Å²) in [7, 11) is 0. The van der Waals surface area contributed by atoms with Crippen molar-refractivity contribution in [1.29, 1.82) is 0 Å². The molecule has 0 saturated heterocycles. The van der Waals surface area contributed by atoms with Gasteiger partial charge < -0.3 is 4.79 Å². The number of carbonyl (C=O) groups excluding carboxylic acids is 1. The third-order valence-electron chi connectivity index (χ3n) is 3.07. The number of carbonyl (C=O) groups is 1. The monoisotopic (exact) mass is 152 g/mol. The highest BCUT2D eigenvalue weighted by Crippen LogP contribution is 2.60. The zero-order chi connectivity index (χ0) is 8.65. The van der Waals surface area contributed by atoms with Crippen LogP contribution in [0, 0.1) is 11.3 Å². The Bertz CT molecular complexity index is 205. The summed E-state index contributed by atoms with van der Waals surface area (Å²) in [5.41, 5.74) is 1.56. The van der Waals surface area contributed by atoms with Gasteiger partial charge in [0.25, 0.3) is 0 Å². The lowest BCUT2D eigenvalue weighted by Crippen LogP contribution is -1.99. The molecule has 1 fully saturated rings. The first kappa shape index (κ1) is 8.51. The second-order valence-electron chi connectivity index (χ2n) is 3.75. The molecular formula is C10H16O. The van der Waals surface area contributed by atoms with Gasteiger partial charge in [0.2, 0.25) is 0 Å². The van der Waals surface area contributed by atoms with Crippen LogP contribution in [0.5, 0.6) is 0 Å². The largest absolute Gasteiger partial charge is 0.300 e. The van der Waals surface area contributed by atoms with Crippen LogP contribution in [0.25, 0.3) is 0 Å². The molecule has 0 aromatic heterocycles. The topological polar surface area (TPSA) is 17.1 Å². The third-order valence-corrected chi connectivity index (χ3v) is 3.07. The molecule has 1 saturated carbocycles. The summed E-state index contributed by atoms with van der Waals surface area (Å²) in [6.45, 7) is 9.98. The summed E-state index contributed by atoms with van der Waals surface area (Å²) in [5.74, 6) is 0.762. The quantitative estimate of drug-likeness (QED) is 0.568. The lowest BCUT2D eigenvalue weighted by molar-refractivity contribution is -0.117. The van der Waals surface area contributed by atoms with Crippen molar-refractivity contribution in [2.24, 2.45) is 11.3 Å². The standard InChI is InChI=1S/C10H16O/c1-5-10(4)8(3)9(10)6-7(2)11/h9H,3,5-6H2,1-2,4H3/t9-,10+/m0/s1. The van der Waals surface area contributed by atoms with Gasteiger partial charge in [-0.05, 0) is 24.7 Å². The SMILES string of the molecule is C=C1[C@H](CC(C)=O)[C@]1(C)CC. The number of hydrogen-bond donors (Lipinski definition) is 0. The van der Waals surface area contributed by atoms with Gasteiger partial charge in [0.15, 0.2) is 0 Å². The first-order valence-corrected chi connectivity index (χ1v) is 4.21. The molecule has 1 nitrogen and oxygen atoms in total. The number of hydrogen-bond acceptors (Lipinski definition) is 1. The number of Topliss-reactive ketones (excluding diaryl/α,β-unsaturated/α-hetero) is 1. The zero-order valence-electron chi connectivity index (χ0n) is 7.61. The second-order valence-corrected chi connectivity index (χ2v) is 3.75. The predicted octanol–water partition coefficient (Wildman–Crippen LogP) is 2.57. The van der Waals surface area contributed by atoms with Gasteiger partial charge in [0.05, 0.1) is 0 Å². The Morgan fingerprint density at radius 3 is 2.55 bits per heavy atom. The smallest absolute Gasteiger partial charge is 0.130 e. The molecule has 1 aliphatic rings. The number of allylic oxidation sites excluding steroid dienone is 1. The molecule has 0 N–H and O–H groups in total. The van der Waals surface area contributed by atoms with E-state index in [4.69, 9.17) is 0 Å². The highest BCUT2D eigenvalue weighted by Gasteiger charge is 2.52. The molecule has 1 aliphatic carbocycles. The van der Waals surface area contributed by atoms with E-state index in [0.29, 0.717) is 12.3 Å². The Morgan fingerprint density at radius 1 is 1.73 bits per heavy atom. The number of ketones is 1. The van der Waals surface area contributed by atoms with E-state index < -0.39 is 0 Å². The lowest BCUT2D eigenvalue weighted by Gasteiger charge is -2.03. The van der Waals surface area contributed by atoms with Crippen molar-refractivity contribution in [3.05, 3.63) is 12.2 Å². The van der Waals surface area contributed by atoms with E-state index in [1.54, 1.807) is 6.92 Å². The summed E-state index contributed by atoms with van der Waals surface area (Å²) < 4.78 is 0. The number of rotatable bonds is 3. The van der Waals surface area contributed by atoms with Gasteiger partial charge in [-0.3, -0.25) is 0 Å². The molecule has 1 heteroatoms. The van der Waals surface area contributed by atoms with Gasteiger partial charge in [0.1, 0.15) is 5.78 Å². The first-order valence-electron chi connectivity index (χ1n) is 4.21. The fraction of sp³-hybridized carbons (Fsp3) is 0.700. The Morgan fingerprint density at radius 2 is 2.27 bits per heavy atom. The van der Waals surface area contributed by atoms with Crippen molar-refractivity contribution in [1.82, 2.24) is 0 Å². The van der Waals surface area contributed by atoms with E-state index in [1.807, 2.05) is 0 Å². The summed E-state index contributed by atoms with van der Waals surface area (Å²) in [6.07, 6.45) is 1.81. The van der Waals surface area contributed by atoms with Gasteiger partial charge in [0, 0.05) is 6.42 Å². The molecular weight excluding hydrogens is 136 g/mol. The van der Waals surface area contributed by atoms with Crippen LogP contribution in [0.3, 0.4) is 0 Å². The van der Waals surface area contributed by atoms with E-state index >= 15 is 0 Å². The summed E-state index contributed by atoms with van der Waals surface area (Å²) in [4.78, 5) is 10.8. The Kier molecular flexibility index (Phi) is 1.91. The molecule has 0 aliphatic heterocycles. The molecule has 0 heterocycles. The van der Waals surface area contributed by atoms with Gasteiger partial charge in [-0.1, -0.05) is 26.0 Å². The first-order chi connectivity index (χ1) is 5.02. The van der Waals surface area contributed by atoms with Crippen LogP contribution < -0.4 is 0 Å². The van der Waals surface area contributed by atoms with E-state index in [1.165, 1.54) is 5.57 Å². The summed E-state index contributed by atoms with van der Waals surface area (Å²) >= 11 is 0. The maximum absolute atomic E-state index is 10.8. The van der Waals surface area contributed by atoms with Crippen LogP contribution >= 0.6 is 0 Å². The van der Waals surface area contributed by atoms with Gasteiger partial charge >= 0.3 is 0 Å². The Balaban J connectivity index is 2.54. The highest BCUT2D eigenvalue weighted by atomic mass is 16.1. The van der Waals surface area contributed by atoms with Crippen molar-refractivity contribution >= 4 is 5.78 Å². The Hall–Kier alpha value is -0.590. The average molecular weight is 152 g/mol. The Labute approximate surface area is 68.5 Å². The van der Waals surface area contributed by atoms with Crippen molar-refractivity contribution in [3.63, 3.8) is 0 Å². The van der Waals surface area contributed by atoms with Gasteiger partial charge in [-0.2, -0.15) is 0 Å². The molecule has 0 aromatic carbocycles. The minimum Gasteiger partial charge on any atom is -0.300 e. The molecule has 0 aromatic rings. The van der Waals surface area contributed by atoms with Crippen LogP contribution in [-0.4, -0.2) is 5.78 Å². The van der Waals surface area contributed by atoms with Crippen LogP contribution in [-0.2, 0) is 4.79 Å². The molecule has 0 amide bonds. The summed E-state index contributed by atoms with van der Waals surface area (Å²) in [6, 6.07) is 0. The average Bonchev–Trinajstić information content (AvgIpc) is 2.41. The van der Waals surface area contributed by atoms with E-state index in [-0.39, 0.29) is 11.2 Å². The van der Waals surface area contributed by atoms with E-state index in [0.717, 1.165) is 6.42 Å². The van der Waals surface area contributed by atoms with Crippen molar-refractivity contribution in [2.75, 3.05) is 0 Å². The molecule has 2 atom stereocenters. The van der Waals surface area contributed by atoms with E-state index in [9.17, 15) is 4.79 Å². The minimum absolute atomic E-state index is 0.283. The second kappa shape index (κ2) is 2.47. The van der Waals surface area contributed by atoms with Crippen LogP contribution in [0.2, 0.25) is 0 Å². The van der Waals surface area contributed by atoms with E-state index in [2.05, 4.69) is 20.4 Å². The molecule has 0 radical (unpaired) electrons. The molecule has 0 bridgehead atoms. The maximum Gasteiger partial charge on any atom is 0.130 e. The fourth-order valence-corrected chi connectivity index (χ4v) is 1.76. The molecule has 1 rings (SSSR count). The van der Waals surface area contributed by atoms with Crippen LogP contribution in [0.1, 0.15) is 33.6 Å². The minimum atomic E-state index is 0.283. The highest BCUT2D eigenvalue weighted by molar-refractivity contribution is 5.77. The molecule has 0 spiro atoms. The predicted molar refractivity (Wildman–Crippen MR) is 46.3 cm³/mol. The van der Waals surface area contributed by atoms with Crippen LogP contribution in [0.15, 0.2) is 12.2 Å². The van der Waals surface area contributed by atoms with Crippen molar-refractivity contribution in [2.45, 2.75) is 33.6 Å². The lowest BCUT2D eigenvalue weighted by atomic mass is 10.0. The fourth-order valence-electron chi connectivity index (χ4n) is 1.76. The zero-order valence-corrected chi connectivity index (χ0v) is 7.61. The van der Waals surface area contributed by atoms with Gasteiger partial charge in [-0.25, -0.2) is 0 Å². The van der Waals surface area contributed by atoms with Crippen LogP contribution in [0.4, 0.5) is 0 Å².